The molecule has 2 aromatic rings. The van der Waals surface area contributed by atoms with Gasteiger partial charge in [0.15, 0.2) is 0 Å². The van der Waals surface area contributed by atoms with E-state index in [4.69, 9.17) is 0 Å². The van der Waals surface area contributed by atoms with Gasteiger partial charge in [-0.25, -0.2) is 4.39 Å². The predicted octanol–water partition coefficient (Wildman–Crippen LogP) is 2.02. The number of hydrogen-bond acceptors (Lipinski definition) is 4. The minimum Gasteiger partial charge on any atom is -0.335 e. The molecule has 2 saturated heterocycles. The van der Waals surface area contributed by atoms with E-state index in [2.05, 4.69) is 0 Å². The van der Waals surface area contributed by atoms with Gasteiger partial charge in [-0.1, -0.05) is 48.0 Å². The molecule has 2 aromatic carbocycles. The van der Waals surface area contributed by atoms with Gasteiger partial charge >= 0.3 is 0 Å². The van der Waals surface area contributed by atoms with Crippen LogP contribution in [0.5, 0.6) is 0 Å². The molecular formula is C25H26FN3O4. The molecule has 0 spiro atoms. The summed E-state index contributed by atoms with van der Waals surface area (Å²) in [5, 5.41) is 0. The molecule has 2 aliphatic heterocycles. The van der Waals surface area contributed by atoms with Gasteiger partial charge in [-0.05, 0) is 18.6 Å². The number of aryl methyl sites for hydroxylation is 1. The van der Waals surface area contributed by atoms with Crippen LogP contribution in [-0.2, 0) is 31.1 Å². The number of imide groups is 1. The SMILES string of the molecule is Cc1ccc(CN2CCN(C(=O)C[C@@]3(c4ccccc4F)CC(=O)N(C)C3=O)CC2=O)cc1. The molecule has 4 rings (SSSR count). The van der Waals surface area contributed by atoms with Gasteiger partial charge in [0.1, 0.15) is 5.82 Å². The average molecular weight is 451 g/mol. The van der Waals surface area contributed by atoms with Crippen LogP contribution < -0.4 is 0 Å². The second kappa shape index (κ2) is 8.77. The summed E-state index contributed by atoms with van der Waals surface area (Å²) in [6.07, 6.45) is -0.648. The van der Waals surface area contributed by atoms with Crippen LogP contribution in [0.3, 0.4) is 0 Å². The Kier molecular flexibility index (Phi) is 6.01. The number of rotatable bonds is 5. The molecule has 0 radical (unpaired) electrons. The van der Waals surface area contributed by atoms with Crippen LogP contribution in [0, 0.1) is 12.7 Å². The Morgan fingerprint density at radius 2 is 1.70 bits per heavy atom. The van der Waals surface area contributed by atoms with Gasteiger partial charge in [0.2, 0.25) is 23.6 Å². The molecule has 0 bridgehead atoms. The van der Waals surface area contributed by atoms with Crippen molar-refractivity contribution in [1.82, 2.24) is 14.7 Å². The van der Waals surface area contributed by atoms with E-state index < -0.39 is 29.0 Å². The van der Waals surface area contributed by atoms with Gasteiger partial charge in [-0.2, -0.15) is 0 Å². The zero-order valence-corrected chi connectivity index (χ0v) is 18.7. The number of hydrogen-bond donors (Lipinski definition) is 0. The molecule has 4 amide bonds. The number of nitrogens with zero attached hydrogens (tertiary/aromatic N) is 3. The van der Waals surface area contributed by atoms with E-state index in [-0.39, 0.29) is 30.9 Å². The van der Waals surface area contributed by atoms with Gasteiger partial charge in [0, 0.05) is 45.1 Å². The fraction of sp³-hybridized carbons (Fsp3) is 0.360. The van der Waals surface area contributed by atoms with Crippen molar-refractivity contribution in [3.8, 4) is 0 Å². The molecule has 0 unspecified atom stereocenters. The number of carbonyl (C=O) groups is 4. The molecule has 8 heteroatoms. The topological polar surface area (TPSA) is 78.0 Å². The van der Waals surface area contributed by atoms with E-state index in [9.17, 15) is 23.6 Å². The monoisotopic (exact) mass is 451 g/mol. The van der Waals surface area contributed by atoms with Crippen molar-refractivity contribution >= 4 is 23.6 Å². The third kappa shape index (κ3) is 4.25. The van der Waals surface area contributed by atoms with Crippen molar-refractivity contribution < 1.29 is 23.6 Å². The first-order valence-electron chi connectivity index (χ1n) is 10.9. The highest BCUT2D eigenvalue weighted by molar-refractivity contribution is 6.10. The molecule has 2 fully saturated rings. The van der Waals surface area contributed by atoms with Crippen LogP contribution in [0.15, 0.2) is 48.5 Å². The summed E-state index contributed by atoms with van der Waals surface area (Å²) in [7, 11) is 1.34. The van der Waals surface area contributed by atoms with Crippen molar-refractivity contribution in [2.45, 2.75) is 31.7 Å². The Labute approximate surface area is 191 Å². The number of likely N-dealkylation sites (N-methyl/N-ethyl adjacent to an activating group) is 1. The molecule has 1 atom stereocenters. The van der Waals surface area contributed by atoms with E-state index in [0.29, 0.717) is 19.6 Å². The standard InChI is InChI=1S/C25H26FN3O4/c1-17-7-9-18(10-8-17)15-28-11-12-29(16-23(28)32)22(31)14-25(13-21(30)27(2)24(25)33)19-5-3-4-6-20(19)26/h3-10H,11-16H2,1-2H3/t25-/m1/s1. The van der Waals surface area contributed by atoms with Gasteiger partial charge in [0.25, 0.3) is 0 Å². The first-order chi connectivity index (χ1) is 15.7. The van der Waals surface area contributed by atoms with Gasteiger partial charge in [-0.15, -0.1) is 0 Å². The maximum Gasteiger partial charge on any atom is 0.242 e. The van der Waals surface area contributed by atoms with Crippen LogP contribution in [0.1, 0.15) is 29.5 Å². The zero-order valence-electron chi connectivity index (χ0n) is 18.7. The zero-order chi connectivity index (χ0) is 23.8. The number of likely N-dealkylation sites (tertiary alicyclic amines) is 1. The van der Waals surface area contributed by atoms with Gasteiger partial charge < -0.3 is 9.80 Å². The Balaban J connectivity index is 1.50. The van der Waals surface area contributed by atoms with Crippen LogP contribution in [0.2, 0.25) is 0 Å². The Hall–Kier alpha value is -3.55. The molecule has 0 N–H and O–H groups in total. The van der Waals surface area contributed by atoms with E-state index in [1.54, 1.807) is 11.0 Å². The van der Waals surface area contributed by atoms with E-state index >= 15 is 0 Å². The molecule has 172 valence electrons. The second-order valence-electron chi connectivity index (χ2n) is 8.79. The predicted molar refractivity (Wildman–Crippen MR) is 118 cm³/mol. The van der Waals surface area contributed by atoms with Crippen LogP contribution in [0.25, 0.3) is 0 Å². The first-order valence-corrected chi connectivity index (χ1v) is 10.9. The number of amides is 4. The molecule has 7 nitrogen and oxygen atoms in total. The third-order valence-corrected chi connectivity index (χ3v) is 6.55. The summed E-state index contributed by atoms with van der Waals surface area (Å²) < 4.78 is 14.7. The van der Waals surface area contributed by atoms with Crippen molar-refractivity contribution in [3.05, 3.63) is 71.0 Å². The molecular weight excluding hydrogens is 425 g/mol. The Bertz CT molecular complexity index is 1120. The molecule has 2 aliphatic rings. The molecule has 0 aromatic heterocycles. The number of benzene rings is 2. The summed E-state index contributed by atoms with van der Waals surface area (Å²) in [6, 6.07) is 13.6. The third-order valence-electron chi connectivity index (χ3n) is 6.55. The maximum atomic E-state index is 14.7. The summed E-state index contributed by atoms with van der Waals surface area (Å²) in [5.74, 6) is -2.34. The fourth-order valence-electron chi connectivity index (χ4n) is 4.55. The Morgan fingerprint density at radius 1 is 1.00 bits per heavy atom. The summed E-state index contributed by atoms with van der Waals surface area (Å²) in [5.41, 5.74) is 0.571. The quantitative estimate of drug-likeness (QED) is 0.652. The lowest BCUT2D eigenvalue weighted by atomic mass is 9.75. The van der Waals surface area contributed by atoms with Crippen LogP contribution in [0.4, 0.5) is 4.39 Å². The second-order valence-corrected chi connectivity index (χ2v) is 8.79. The van der Waals surface area contributed by atoms with Crippen molar-refractivity contribution in [2.75, 3.05) is 26.7 Å². The normalized spacial score (nSPS) is 21.2. The molecule has 2 heterocycles. The van der Waals surface area contributed by atoms with Crippen molar-refractivity contribution in [3.63, 3.8) is 0 Å². The van der Waals surface area contributed by atoms with E-state index in [1.165, 1.54) is 30.1 Å². The number of carbonyl (C=O) groups excluding carboxylic acids is 4. The lowest BCUT2D eigenvalue weighted by Gasteiger charge is -2.36. The Morgan fingerprint density at radius 3 is 2.30 bits per heavy atom. The maximum absolute atomic E-state index is 14.7. The smallest absolute Gasteiger partial charge is 0.242 e. The number of piperazine rings is 1. The van der Waals surface area contributed by atoms with E-state index in [1.807, 2.05) is 31.2 Å². The molecule has 33 heavy (non-hydrogen) atoms. The van der Waals surface area contributed by atoms with E-state index in [0.717, 1.165) is 16.0 Å². The average Bonchev–Trinajstić information content (AvgIpc) is 3.01. The van der Waals surface area contributed by atoms with Crippen molar-refractivity contribution in [1.29, 1.82) is 0 Å². The first kappa shape index (κ1) is 22.6. The van der Waals surface area contributed by atoms with Crippen LogP contribution in [-0.4, -0.2) is 65.0 Å². The summed E-state index contributed by atoms with van der Waals surface area (Å²) in [6.45, 7) is 3.00. The van der Waals surface area contributed by atoms with Gasteiger partial charge in [0.05, 0.1) is 12.0 Å². The minimum atomic E-state index is -1.60. The molecule has 0 aliphatic carbocycles. The largest absolute Gasteiger partial charge is 0.335 e. The fourth-order valence-corrected chi connectivity index (χ4v) is 4.55. The highest BCUT2D eigenvalue weighted by atomic mass is 19.1. The minimum absolute atomic E-state index is 0.0328. The van der Waals surface area contributed by atoms with Gasteiger partial charge in [-0.3, -0.25) is 24.1 Å². The summed E-state index contributed by atoms with van der Waals surface area (Å²) >= 11 is 0. The lowest BCUT2D eigenvalue weighted by Crippen LogP contribution is -2.53. The highest BCUT2D eigenvalue weighted by Gasteiger charge is 2.54. The summed E-state index contributed by atoms with van der Waals surface area (Å²) in [4.78, 5) is 55.3. The van der Waals surface area contributed by atoms with Crippen molar-refractivity contribution in [2.24, 2.45) is 0 Å². The lowest BCUT2D eigenvalue weighted by molar-refractivity contribution is -0.147. The number of halogens is 1. The molecule has 0 saturated carbocycles. The van der Waals surface area contributed by atoms with Crippen LogP contribution >= 0.6 is 0 Å². The highest BCUT2D eigenvalue weighted by Crippen LogP contribution is 2.41.